The van der Waals surface area contributed by atoms with Crippen molar-refractivity contribution in [3.63, 3.8) is 0 Å². The third-order valence-electron chi connectivity index (χ3n) is 8.70. The number of carbonyl (C=O) groups is 1. The van der Waals surface area contributed by atoms with Crippen molar-refractivity contribution in [2.24, 2.45) is 23.2 Å². The summed E-state index contributed by atoms with van der Waals surface area (Å²) in [6, 6.07) is -0.0997. The van der Waals surface area contributed by atoms with E-state index in [1.807, 2.05) is 13.8 Å². The van der Waals surface area contributed by atoms with Crippen LogP contribution in [0.4, 0.5) is 13.2 Å². The number of ketones is 1. The summed E-state index contributed by atoms with van der Waals surface area (Å²) in [5.74, 6) is 0.948. The van der Waals surface area contributed by atoms with Crippen molar-refractivity contribution in [1.82, 2.24) is 4.90 Å². The number of alkyl halides is 3. The van der Waals surface area contributed by atoms with E-state index < -0.39 is 21.0 Å². The predicted octanol–water partition coefficient (Wildman–Crippen LogP) is 4.39. The van der Waals surface area contributed by atoms with E-state index >= 15 is 0 Å². The number of fused-ring (bicyclic) bond motifs is 5. The van der Waals surface area contributed by atoms with Crippen LogP contribution in [0, 0.1) is 23.2 Å². The Kier molecular flexibility index (Phi) is 4.94. The second-order valence-corrected chi connectivity index (χ2v) is 11.6. The number of hydrogen-bond donors (Lipinski definition) is 0. The first-order valence-electron chi connectivity index (χ1n) is 10.7. The minimum atomic E-state index is -5.68. The van der Waals surface area contributed by atoms with Crippen molar-refractivity contribution in [3.05, 3.63) is 11.3 Å². The maximum Gasteiger partial charge on any atom is 0.534 e. The lowest BCUT2D eigenvalue weighted by atomic mass is 9.52. The normalized spacial score (nSPS) is 42.6. The zero-order chi connectivity index (χ0) is 22.3. The predicted molar refractivity (Wildman–Crippen MR) is 105 cm³/mol. The molecule has 0 aromatic carbocycles. The number of piperidine rings is 2. The summed E-state index contributed by atoms with van der Waals surface area (Å²) in [6.45, 7) is 8.55. The fraction of sp³-hybridized carbons (Fsp3) is 0.857. The van der Waals surface area contributed by atoms with E-state index in [0.717, 1.165) is 25.8 Å². The van der Waals surface area contributed by atoms with Gasteiger partial charge in [-0.05, 0) is 82.7 Å². The fourth-order valence-electron chi connectivity index (χ4n) is 7.15. The first-order valence-corrected chi connectivity index (χ1v) is 12.1. The highest BCUT2D eigenvalue weighted by atomic mass is 32.2. The number of rotatable bonds is 2. The van der Waals surface area contributed by atoms with Gasteiger partial charge >= 0.3 is 15.6 Å². The molecule has 1 saturated carbocycles. The molecular formula is C21H30F3NO4S. The highest BCUT2D eigenvalue weighted by molar-refractivity contribution is 7.87. The molecule has 4 rings (SSSR count). The number of hydrogen-bond acceptors (Lipinski definition) is 5. The van der Waals surface area contributed by atoms with Crippen LogP contribution in [0.15, 0.2) is 11.3 Å². The van der Waals surface area contributed by atoms with Crippen LogP contribution in [-0.2, 0) is 19.1 Å². The number of allylic oxidation sites excluding steroid dienone is 2. The Morgan fingerprint density at radius 1 is 1.13 bits per heavy atom. The Hall–Kier alpha value is -1.09. The van der Waals surface area contributed by atoms with E-state index in [2.05, 4.69) is 11.8 Å². The van der Waals surface area contributed by atoms with Crippen LogP contribution in [0.1, 0.15) is 66.2 Å². The Balaban J connectivity index is 1.63. The van der Waals surface area contributed by atoms with Crippen molar-refractivity contribution in [1.29, 1.82) is 0 Å². The summed E-state index contributed by atoms with van der Waals surface area (Å²) in [5.41, 5.74) is -5.64. The number of Topliss-reactive ketones (excluding diaryl/α,β-unsaturated/α-hetero) is 1. The maximum atomic E-state index is 13.0. The van der Waals surface area contributed by atoms with Crippen LogP contribution in [0.3, 0.4) is 0 Å². The molecule has 170 valence electrons. The molecule has 2 aliphatic carbocycles. The van der Waals surface area contributed by atoms with Gasteiger partial charge in [-0.15, -0.1) is 0 Å². The molecule has 4 aliphatic rings. The van der Waals surface area contributed by atoms with Crippen molar-refractivity contribution >= 4 is 15.9 Å². The molecule has 5 nitrogen and oxygen atoms in total. The molecular weight excluding hydrogens is 419 g/mol. The maximum absolute atomic E-state index is 13.0. The lowest BCUT2D eigenvalue weighted by Crippen LogP contribution is -2.67. The Bertz CT molecular complexity index is 898. The average Bonchev–Trinajstić information content (AvgIpc) is 2.88. The quantitative estimate of drug-likeness (QED) is 0.462. The van der Waals surface area contributed by atoms with E-state index in [1.165, 1.54) is 0 Å². The van der Waals surface area contributed by atoms with E-state index in [0.29, 0.717) is 30.8 Å². The van der Waals surface area contributed by atoms with Gasteiger partial charge in [-0.1, -0.05) is 6.92 Å². The van der Waals surface area contributed by atoms with Gasteiger partial charge in [-0.25, -0.2) is 0 Å². The van der Waals surface area contributed by atoms with Crippen molar-refractivity contribution in [2.45, 2.75) is 83.3 Å². The van der Waals surface area contributed by atoms with Gasteiger partial charge in [0, 0.05) is 17.4 Å². The van der Waals surface area contributed by atoms with Crippen LogP contribution >= 0.6 is 0 Å². The van der Waals surface area contributed by atoms with E-state index in [1.54, 1.807) is 6.92 Å². The molecule has 9 heteroatoms. The zero-order valence-corrected chi connectivity index (χ0v) is 18.7. The van der Waals surface area contributed by atoms with E-state index in [9.17, 15) is 26.4 Å². The molecule has 1 unspecified atom stereocenters. The van der Waals surface area contributed by atoms with Gasteiger partial charge < -0.3 is 4.18 Å². The average molecular weight is 450 g/mol. The number of halogens is 3. The molecule has 0 aromatic rings. The van der Waals surface area contributed by atoms with Gasteiger partial charge in [-0.2, -0.15) is 21.6 Å². The first-order chi connectivity index (χ1) is 13.7. The SMILES string of the molecule is CC1=C(OS(=O)(=O)C(F)(F)F)[C@@]2(C)CC[C@@H]3[C@@H](CCN4C(C)C(=O)CC[C@]34C)[C@@H]2C1. The van der Waals surface area contributed by atoms with Crippen LogP contribution in [-0.4, -0.2) is 42.7 Å². The third kappa shape index (κ3) is 2.98. The van der Waals surface area contributed by atoms with Gasteiger partial charge in [0.05, 0.1) is 6.04 Å². The van der Waals surface area contributed by atoms with Gasteiger partial charge in [0.2, 0.25) is 0 Å². The lowest BCUT2D eigenvalue weighted by molar-refractivity contribution is -0.151. The second-order valence-electron chi connectivity index (χ2n) is 10.1. The molecule has 0 amide bonds. The molecule has 2 heterocycles. The molecule has 0 spiro atoms. The summed E-state index contributed by atoms with van der Waals surface area (Å²) in [6.07, 6.45) is 4.17. The van der Waals surface area contributed by atoms with Gasteiger partial charge in [0.25, 0.3) is 0 Å². The summed E-state index contributed by atoms with van der Waals surface area (Å²) in [7, 11) is -5.68. The van der Waals surface area contributed by atoms with Crippen LogP contribution < -0.4 is 0 Å². The smallest absolute Gasteiger partial charge is 0.380 e. The van der Waals surface area contributed by atoms with Gasteiger partial charge in [0.1, 0.15) is 11.5 Å². The highest BCUT2D eigenvalue weighted by Gasteiger charge is 2.62. The highest BCUT2D eigenvalue weighted by Crippen LogP contribution is 2.64. The largest absolute Gasteiger partial charge is 0.534 e. The van der Waals surface area contributed by atoms with Crippen LogP contribution in [0.25, 0.3) is 0 Å². The Labute approximate surface area is 176 Å². The summed E-state index contributed by atoms with van der Waals surface area (Å²) in [4.78, 5) is 14.6. The minimum Gasteiger partial charge on any atom is -0.380 e. The van der Waals surface area contributed by atoms with Crippen molar-refractivity contribution in [2.75, 3.05) is 6.54 Å². The molecule has 0 aromatic heterocycles. The molecule has 6 atom stereocenters. The fourth-order valence-corrected chi connectivity index (χ4v) is 7.80. The molecule has 3 fully saturated rings. The molecule has 30 heavy (non-hydrogen) atoms. The standard InChI is InChI=1S/C21H30F3NO4S/c1-12-11-16-14-7-10-25-13(2)17(26)6-9-20(25,4)15(14)5-8-19(16,3)18(12)29-30(27,28)21(22,23)24/h13-16H,5-11H2,1-4H3/t13?,14-,15-,16+,19+,20-/m1/s1. The summed E-state index contributed by atoms with van der Waals surface area (Å²) >= 11 is 0. The van der Waals surface area contributed by atoms with Crippen LogP contribution in [0.2, 0.25) is 0 Å². The first kappa shape index (κ1) is 22.1. The van der Waals surface area contributed by atoms with Gasteiger partial charge in [0.15, 0.2) is 0 Å². The zero-order valence-electron chi connectivity index (χ0n) is 17.9. The summed E-state index contributed by atoms with van der Waals surface area (Å²) in [5, 5.41) is 0. The van der Waals surface area contributed by atoms with Crippen molar-refractivity contribution in [3.8, 4) is 0 Å². The van der Waals surface area contributed by atoms with Crippen molar-refractivity contribution < 1.29 is 30.6 Å². The van der Waals surface area contributed by atoms with Gasteiger partial charge in [-0.3, -0.25) is 9.69 Å². The molecule has 0 radical (unpaired) electrons. The monoisotopic (exact) mass is 449 g/mol. The molecule has 2 aliphatic heterocycles. The number of nitrogens with zero attached hydrogens (tertiary/aromatic N) is 1. The molecule has 0 N–H and O–H groups in total. The second kappa shape index (κ2) is 6.70. The van der Waals surface area contributed by atoms with Crippen LogP contribution in [0.5, 0.6) is 0 Å². The minimum absolute atomic E-state index is 0.00282. The lowest BCUT2D eigenvalue weighted by Gasteiger charge is -2.62. The Morgan fingerprint density at radius 3 is 2.43 bits per heavy atom. The Morgan fingerprint density at radius 2 is 1.80 bits per heavy atom. The topological polar surface area (TPSA) is 63.7 Å². The number of carbonyl (C=O) groups excluding carboxylic acids is 1. The third-order valence-corrected chi connectivity index (χ3v) is 9.66. The molecule has 2 saturated heterocycles. The molecule has 0 bridgehead atoms. The summed E-state index contributed by atoms with van der Waals surface area (Å²) < 4.78 is 67.1. The van der Waals surface area contributed by atoms with E-state index in [4.69, 9.17) is 4.18 Å². The van der Waals surface area contributed by atoms with E-state index in [-0.39, 0.29) is 35.0 Å².